The van der Waals surface area contributed by atoms with Gasteiger partial charge < -0.3 is 10.8 Å². The maximum atomic E-state index is 8.38. The van der Waals surface area contributed by atoms with E-state index in [4.69, 9.17) is 22.4 Å². The van der Waals surface area contributed by atoms with E-state index in [9.17, 15) is 0 Å². The van der Waals surface area contributed by atoms with Crippen molar-refractivity contribution in [3.63, 3.8) is 0 Å². The summed E-state index contributed by atoms with van der Waals surface area (Å²) in [5.74, 6) is 5.11. The highest BCUT2D eigenvalue weighted by Gasteiger charge is 1.98. The van der Waals surface area contributed by atoms with Crippen LogP contribution < -0.4 is 5.73 Å². The molecular weight excluding hydrogens is 178 g/mol. The Morgan fingerprint density at radius 1 is 1.67 bits per heavy atom. The molecular formula is C7H6ClN3O. The fourth-order valence-electron chi connectivity index (χ4n) is 0.600. The summed E-state index contributed by atoms with van der Waals surface area (Å²) in [6.45, 7) is -0.232. The molecule has 0 amide bonds. The topological polar surface area (TPSA) is 72.0 Å². The third kappa shape index (κ3) is 2.09. The molecule has 0 bridgehead atoms. The SMILES string of the molecule is Nc1nc(Cl)cnc1C#CCO. The zero-order valence-electron chi connectivity index (χ0n) is 6.08. The van der Waals surface area contributed by atoms with E-state index in [-0.39, 0.29) is 17.6 Å². The van der Waals surface area contributed by atoms with Crippen molar-refractivity contribution in [2.24, 2.45) is 0 Å². The van der Waals surface area contributed by atoms with Gasteiger partial charge in [0.15, 0.2) is 11.5 Å². The number of nitrogens with two attached hydrogens (primary N) is 1. The zero-order chi connectivity index (χ0) is 8.97. The van der Waals surface area contributed by atoms with E-state index in [1.165, 1.54) is 6.20 Å². The van der Waals surface area contributed by atoms with Crippen LogP contribution in [-0.4, -0.2) is 21.7 Å². The number of hydrogen-bond acceptors (Lipinski definition) is 4. The van der Waals surface area contributed by atoms with Crippen molar-refractivity contribution in [2.75, 3.05) is 12.3 Å². The second-order valence-corrected chi connectivity index (χ2v) is 2.27. The minimum absolute atomic E-state index is 0.170. The molecule has 12 heavy (non-hydrogen) atoms. The first-order chi connectivity index (χ1) is 5.74. The van der Waals surface area contributed by atoms with E-state index in [1.54, 1.807) is 0 Å². The van der Waals surface area contributed by atoms with Crippen LogP contribution in [-0.2, 0) is 0 Å². The van der Waals surface area contributed by atoms with Crippen LogP contribution in [0.2, 0.25) is 5.15 Å². The van der Waals surface area contributed by atoms with Crippen LogP contribution in [0.25, 0.3) is 0 Å². The minimum atomic E-state index is -0.232. The molecule has 0 aliphatic carbocycles. The Morgan fingerprint density at radius 3 is 3.00 bits per heavy atom. The lowest BCUT2D eigenvalue weighted by atomic mass is 10.4. The van der Waals surface area contributed by atoms with Crippen LogP contribution in [0.15, 0.2) is 6.20 Å². The predicted molar refractivity (Wildman–Crippen MR) is 45.4 cm³/mol. The molecule has 1 rings (SSSR count). The molecule has 5 heteroatoms. The lowest BCUT2D eigenvalue weighted by Gasteiger charge is -1.94. The molecule has 0 fully saturated rings. The van der Waals surface area contributed by atoms with E-state index in [0.29, 0.717) is 5.69 Å². The number of aliphatic hydroxyl groups is 1. The number of halogens is 1. The first kappa shape index (κ1) is 8.78. The second-order valence-electron chi connectivity index (χ2n) is 1.89. The molecule has 0 radical (unpaired) electrons. The molecule has 1 aromatic rings. The Labute approximate surface area is 74.4 Å². The minimum Gasteiger partial charge on any atom is -0.384 e. The highest BCUT2D eigenvalue weighted by atomic mass is 35.5. The Hall–Kier alpha value is -1.31. The van der Waals surface area contributed by atoms with Crippen molar-refractivity contribution in [1.82, 2.24) is 9.97 Å². The van der Waals surface area contributed by atoms with E-state index in [2.05, 4.69) is 21.8 Å². The molecule has 0 unspecified atom stereocenters. The van der Waals surface area contributed by atoms with Crippen molar-refractivity contribution in [1.29, 1.82) is 0 Å². The molecule has 0 atom stereocenters. The molecule has 0 aliphatic rings. The highest BCUT2D eigenvalue weighted by Crippen LogP contribution is 2.07. The molecule has 62 valence electrons. The lowest BCUT2D eigenvalue weighted by molar-refractivity contribution is 0.350. The molecule has 0 aliphatic heterocycles. The summed E-state index contributed by atoms with van der Waals surface area (Å²) < 4.78 is 0. The van der Waals surface area contributed by atoms with Crippen molar-refractivity contribution in [2.45, 2.75) is 0 Å². The summed E-state index contributed by atoms with van der Waals surface area (Å²) in [6.07, 6.45) is 1.35. The van der Waals surface area contributed by atoms with Crippen LogP contribution in [0.3, 0.4) is 0 Å². The van der Waals surface area contributed by atoms with E-state index in [0.717, 1.165) is 0 Å². The third-order valence-corrected chi connectivity index (χ3v) is 1.24. The normalized spacial score (nSPS) is 8.83. The largest absolute Gasteiger partial charge is 0.384 e. The summed E-state index contributed by atoms with van der Waals surface area (Å²) in [4.78, 5) is 7.53. The molecule has 4 nitrogen and oxygen atoms in total. The fourth-order valence-corrected chi connectivity index (χ4v) is 0.740. The standard InChI is InChI=1S/C7H6ClN3O/c8-6-4-10-5(2-1-3-12)7(9)11-6/h4,12H,3H2,(H2,9,11). The van der Waals surface area contributed by atoms with Gasteiger partial charge in [0.1, 0.15) is 11.8 Å². The molecule has 3 N–H and O–H groups in total. The molecule has 0 spiro atoms. The summed E-state index contributed by atoms with van der Waals surface area (Å²) in [5.41, 5.74) is 5.75. The third-order valence-electron chi connectivity index (χ3n) is 1.06. The van der Waals surface area contributed by atoms with E-state index >= 15 is 0 Å². The van der Waals surface area contributed by atoms with Gasteiger partial charge in [0.05, 0.1) is 6.20 Å². The van der Waals surface area contributed by atoms with Gasteiger partial charge in [-0.2, -0.15) is 0 Å². The number of anilines is 1. The van der Waals surface area contributed by atoms with Crippen LogP contribution in [0.4, 0.5) is 5.82 Å². The molecule has 0 saturated carbocycles. The smallest absolute Gasteiger partial charge is 0.159 e. The number of aliphatic hydroxyl groups excluding tert-OH is 1. The monoisotopic (exact) mass is 183 g/mol. The van der Waals surface area contributed by atoms with Gasteiger partial charge in [-0.25, -0.2) is 9.97 Å². The Bertz CT molecular complexity index is 342. The first-order valence-corrected chi connectivity index (χ1v) is 3.49. The predicted octanol–water partition coefficient (Wildman–Crippen LogP) is 0.0560. The molecule has 1 heterocycles. The Balaban J connectivity index is 3.01. The lowest BCUT2D eigenvalue weighted by Crippen LogP contribution is -1.97. The summed E-state index contributed by atoms with van der Waals surface area (Å²) >= 11 is 5.50. The van der Waals surface area contributed by atoms with Crippen LogP contribution in [0, 0.1) is 11.8 Å². The van der Waals surface area contributed by atoms with Crippen molar-refractivity contribution >= 4 is 17.4 Å². The van der Waals surface area contributed by atoms with Gasteiger partial charge in [-0.05, 0) is 5.92 Å². The van der Waals surface area contributed by atoms with Gasteiger partial charge in [-0.1, -0.05) is 17.5 Å². The molecule has 0 saturated heterocycles. The maximum Gasteiger partial charge on any atom is 0.159 e. The summed E-state index contributed by atoms with van der Waals surface area (Å²) in [6, 6.07) is 0. The van der Waals surface area contributed by atoms with Crippen LogP contribution in [0.1, 0.15) is 5.69 Å². The van der Waals surface area contributed by atoms with Crippen molar-refractivity contribution < 1.29 is 5.11 Å². The summed E-state index contributed by atoms with van der Waals surface area (Å²) in [5, 5.41) is 8.61. The quantitative estimate of drug-likeness (QED) is 0.558. The van der Waals surface area contributed by atoms with Gasteiger partial charge >= 0.3 is 0 Å². The van der Waals surface area contributed by atoms with Gasteiger partial charge in [-0.3, -0.25) is 0 Å². The van der Waals surface area contributed by atoms with Gasteiger partial charge in [0.25, 0.3) is 0 Å². The highest BCUT2D eigenvalue weighted by molar-refractivity contribution is 6.29. The van der Waals surface area contributed by atoms with Crippen molar-refractivity contribution in [3.05, 3.63) is 17.0 Å². The molecule has 0 aromatic carbocycles. The van der Waals surface area contributed by atoms with Crippen LogP contribution >= 0.6 is 11.6 Å². The number of nitrogen functional groups attached to an aromatic ring is 1. The first-order valence-electron chi connectivity index (χ1n) is 3.12. The fraction of sp³-hybridized carbons (Fsp3) is 0.143. The average Bonchev–Trinajstić information content (AvgIpc) is 2.03. The molecule has 1 aromatic heterocycles. The second kappa shape index (κ2) is 3.90. The average molecular weight is 184 g/mol. The zero-order valence-corrected chi connectivity index (χ0v) is 6.84. The Morgan fingerprint density at radius 2 is 2.42 bits per heavy atom. The van der Waals surface area contributed by atoms with Crippen molar-refractivity contribution in [3.8, 4) is 11.8 Å². The maximum absolute atomic E-state index is 8.38. The summed E-state index contributed by atoms with van der Waals surface area (Å²) in [7, 11) is 0. The number of hydrogen-bond donors (Lipinski definition) is 2. The number of aromatic nitrogens is 2. The van der Waals surface area contributed by atoms with Gasteiger partial charge in [0.2, 0.25) is 0 Å². The number of nitrogens with zero attached hydrogens (tertiary/aromatic N) is 2. The van der Waals surface area contributed by atoms with Gasteiger partial charge in [-0.15, -0.1) is 0 Å². The van der Waals surface area contributed by atoms with Crippen LogP contribution in [0.5, 0.6) is 0 Å². The van der Waals surface area contributed by atoms with E-state index < -0.39 is 0 Å². The van der Waals surface area contributed by atoms with E-state index in [1.807, 2.05) is 0 Å². The number of rotatable bonds is 0. The Kier molecular flexibility index (Phi) is 2.86. The van der Waals surface area contributed by atoms with Gasteiger partial charge in [0, 0.05) is 0 Å².